The lowest BCUT2D eigenvalue weighted by atomic mass is 9.97. The fourth-order valence-corrected chi connectivity index (χ4v) is 1.19. The molecule has 88 valence electrons. The third kappa shape index (κ3) is 3.27. The smallest absolute Gasteiger partial charge is 0.302 e. The normalized spacial score (nSPS) is 14.3. The maximum Gasteiger partial charge on any atom is 0.302 e. The Morgan fingerprint density at radius 3 is 2.31 bits per heavy atom. The number of carbonyl (C=O) groups is 1. The number of rotatable bonds is 3. The van der Waals surface area contributed by atoms with Crippen LogP contribution in [0.15, 0.2) is 18.2 Å². The van der Waals surface area contributed by atoms with Crippen LogP contribution < -0.4 is 0 Å². The summed E-state index contributed by atoms with van der Waals surface area (Å²) in [6, 6.07) is 2.69. The quantitative estimate of drug-likeness (QED) is 0.804. The summed E-state index contributed by atoms with van der Waals surface area (Å²) in [5, 5.41) is 9.87. The molecule has 0 aliphatic carbocycles. The first-order valence-electron chi connectivity index (χ1n) is 4.63. The summed E-state index contributed by atoms with van der Waals surface area (Å²) in [7, 11) is 0. The molecule has 0 aliphatic rings. The van der Waals surface area contributed by atoms with Crippen LogP contribution in [0.4, 0.5) is 8.78 Å². The number of halogens is 2. The standard InChI is InChI=1S/C11H12F2O3/c1-7(14)16-6-11(2,15)8-3-9(12)5-10(13)4-8/h3-5,15H,6H2,1-2H3/t11-/m0/s1. The van der Waals surface area contributed by atoms with E-state index < -0.39 is 23.2 Å². The summed E-state index contributed by atoms with van der Waals surface area (Å²) in [6.45, 7) is 2.14. The molecule has 0 bridgehead atoms. The van der Waals surface area contributed by atoms with Crippen LogP contribution in [0.5, 0.6) is 0 Å². The Labute approximate surface area is 91.7 Å². The second kappa shape index (κ2) is 4.57. The maximum atomic E-state index is 12.9. The number of aliphatic hydroxyl groups is 1. The minimum atomic E-state index is -1.62. The zero-order valence-corrected chi connectivity index (χ0v) is 8.96. The summed E-state index contributed by atoms with van der Waals surface area (Å²) in [5.41, 5.74) is -1.60. The Morgan fingerprint density at radius 1 is 1.38 bits per heavy atom. The summed E-state index contributed by atoms with van der Waals surface area (Å²) in [5.74, 6) is -2.16. The van der Waals surface area contributed by atoms with Crippen molar-refractivity contribution in [2.24, 2.45) is 0 Å². The molecule has 0 unspecified atom stereocenters. The van der Waals surface area contributed by atoms with Gasteiger partial charge in [0.1, 0.15) is 23.8 Å². The summed E-state index contributed by atoms with van der Waals surface area (Å²) in [6.07, 6.45) is 0. The van der Waals surface area contributed by atoms with Gasteiger partial charge in [-0.15, -0.1) is 0 Å². The van der Waals surface area contributed by atoms with E-state index in [2.05, 4.69) is 4.74 Å². The lowest BCUT2D eigenvalue weighted by Crippen LogP contribution is -2.29. The average molecular weight is 230 g/mol. The van der Waals surface area contributed by atoms with Crippen molar-refractivity contribution < 1.29 is 23.4 Å². The molecule has 0 amide bonds. The van der Waals surface area contributed by atoms with Crippen LogP contribution in [0.3, 0.4) is 0 Å². The van der Waals surface area contributed by atoms with Gasteiger partial charge in [0.2, 0.25) is 0 Å². The van der Waals surface area contributed by atoms with E-state index in [9.17, 15) is 18.7 Å². The molecular weight excluding hydrogens is 218 g/mol. The lowest BCUT2D eigenvalue weighted by Gasteiger charge is -2.23. The highest BCUT2D eigenvalue weighted by molar-refractivity contribution is 5.66. The Hall–Kier alpha value is -1.49. The first kappa shape index (κ1) is 12.6. The maximum absolute atomic E-state index is 12.9. The van der Waals surface area contributed by atoms with Gasteiger partial charge in [-0.3, -0.25) is 4.79 Å². The highest BCUT2D eigenvalue weighted by atomic mass is 19.1. The summed E-state index contributed by atoms with van der Waals surface area (Å²) in [4.78, 5) is 10.6. The van der Waals surface area contributed by atoms with E-state index in [1.165, 1.54) is 13.8 Å². The van der Waals surface area contributed by atoms with Crippen molar-refractivity contribution in [3.05, 3.63) is 35.4 Å². The van der Waals surface area contributed by atoms with Crippen molar-refractivity contribution in [1.82, 2.24) is 0 Å². The molecule has 3 nitrogen and oxygen atoms in total. The zero-order chi connectivity index (χ0) is 12.3. The molecule has 0 heterocycles. The number of hydrogen-bond donors (Lipinski definition) is 1. The van der Waals surface area contributed by atoms with Gasteiger partial charge in [0.05, 0.1) is 0 Å². The van der Waals surface area contributed by atoms with Crippen LogP contribution in [-0.2, 0) is 15.1 Å². The molecule has 1 aromatic carbocycles. The Morgan fingerprint density at radius 2 is 1.88 bits per heavy atom. The molecule has 0 saturated carbocycles. The number of ether oxygens (including phenoxy) is 1. The van der Waals surface area contributed by atoms with Gasteiger partial charge in [-0.05, 0) is 24.6 Å². The van der Waals surface area contributed by atoms with E-state index in [1.807, 2.05) is 0 Å². The minimum Gasteiger partial charge on any atom is -0.462 e. The number of hydrogen-bond acceptors (Lipinski definition) is 3. The van der Waals surface area contributed by atoms with Crippen molar-refractivity contribution in [2.45, 2.75) is 19.4 Å². The van der Waals surface area contributed by atoms with Crippen molar-refractivity contribution in [3.8, 4) is 0 Å². The van der Waals surface area contributed by atoms with Crippen LogP contribution >= 0.6 is 0 Å². The SMILES string of the molecule is CC(=O)OC[C@](C)(O)c1cc(F)cc(F)c1. The Bertz CT molecular complexity index is 382. The number of benzene rings is 1. The molecule has 1 aromatic rings. The topological polar surface area (TPSA) is 46.5 Å². The van der Waals surface area contributed by atoms with E-state index in [1.54, 1.807) is 0 Å². The van der Waals surface area contributed by atoms with Gasteiger partial charge >= 0.3 is 5.97 Å². The van der Waals surface area contributed by atoms with E-state index >= 15 is 0 Å². The second-order valence-electron chi connectivity index (χ2n) is 3.71. The molecule has 1 atom stereocenters. The second-order valence-corrected chi connectivity index (χ2v) is 3.71. The molecule has 0 saturated heterocycles. The van der Waals surface area contributed by atoms with E-state index in [-0.39, 0.29) is 12.2 Å². The van der Waals surface area contributed by atoms with Crippen molar-refractivity contribution >= 4 is 5.97 Å². The molecular formula is C11H12F2O3. The van der Waals surface area contributed by atoms with Crippen molar-refractivity contribution in [2.75, 3.05) is 6.61 Å². The highest BCUT2D eigenvalue weighted by Gasteiger charge is 2.26. The van der Waals surface area contributed by atoms with Crippen LogP contribution in [0.2, 0.25) is 0 Å². The molecule has 1 N–H and O–H groups in total. The molecule has 0 aliphatic heterocycles. The van der Waals surface area contributed by atoms with Gasteiger partial charge in [0.15, 0.2) is 0 Å². The predicted octanol–water partition coefficient (Wildman–Crippen LogP) is 1.74. The van der Waals surface area contributed by atoms with Crippen molar-refractivity contribution in [3.63, 3.8) is 0 Å². The molecule has 5 heteroatoms. The summed E-state index contributed by atoms with van der Waals surface area (Å²) >= 11 is 0. The lowest BCUT2D eigenvalue weighted by molar-refractivity contribution is -0.148. The Kier molecular flexibility index (Phi) is 3.59. The first-order chi connectivity index (χ1) is 7.31. The highest BCUT2D eigenvalue weighted by Crippen LogP contribution is 2.22. The van der Waals surface area contributed by atoms with Gasteiger partial charge in [0.25, 0.3) is 0 Å². The average Bonchev–Trinajstić information content (AvgIpc) is 2.13. The van der Waals surface area contributed by atoms with Gasteiger partial charge in [-0.2, -0.15) is 0 Å². The predicted molar refractivity (Wildman–Crippen MR) is 52.6 cm³/mol. The van der Waals surface area contributed by atoms with Gasteiger partial charge < -0.3 is 9.84 Å². The third-order valence-electron chi connectivity index (χ3n) is 2.04. The van der Waals surface area contributed by atoms with Gasteiger partial charge in [0, 0.05) is 13.0 Å². The third-order valence-corrected chi connectivity index (χ3v) is 2.04. The molecule has 0 aromatic heterocycles. The molecule has 0 radical (unpaired) electrons. The number of esters is 1. The van der Waals surface area contributed by atoms with Gasteiger partial charge in [-0.1, -0.05) is 0 Å². The van der Waals surface area contributed by atoms with E-state index in [0.29, 0.717) is 6.07 Å². The van der Waals surface area contributed by atoms with E-state index in [4.69, 9.17) is 0 Å². The minimum absolute atomic E-state index is 0.0197. The zero-order valence-electron chi connectivity index (χ0n) is 8.96. The van der Waals surface area contributed by atoms with Crippen molar-refractivity contribution in [1.29, 1.82) is 0 Å². The fourth-order valence-electron chi connectivity index (χ4n) is 1.19. The van der Waals surface area contributed by atoms with Crippen LogP contribution in [0, 0.1) is 11.6 Å². The van der Waals surface area contributed by atoms with Crippen LogP contribution in [0.1, 0.15) is 19.4 Å². The Balaban J connectivity index is 2.92. The number of carbonyl (C=O) groups excluding carboxylic acids is 1. The van der Waals surface area contributed by atoms with Crippen LogP contribution in [0.25, 0.3) is 0 Å². The van der Waals surface area contributed by atoms with Gasteiger partial charge in [-0.25, -0.2) is 8.78 Å². The molecule has 1 rings (SSSR count). The largest absolute Gasteiger partial charge is 0.462 e. The molecule has 0 fully saturated rings. The summed E-state index contributed by atoms with van der Waals surface area (Å²) < 4.78 is 30.4. The molecule has 0 spiro atoms. The first-order valence-corrected chi connectivity index (χ1v) is 4.63. The van der Waals surface area contributed by atoms with E-state index in [0.717, 1.165) is 12.1 Å². The monoisotopic (exact) mass is 230 g/mol. The molecule has 16 heavy (non-hydrogen) atoms. The fraction of sp³-hybridized carbons (Fsp3) is 0.364. The van der Waals surface area contributed by atoms with Crippen LogP contribution in [-0.4, -0.2) is 17.7 Å².